The lowest BCUT2D eigenvalue weighted by Crippen LogP contribution is -2.37. The molecule has 20 heavy (non-hydrogen) atoms. The average molecular weight is 279 g/mol. The minimum absolute atomic E-state index is 0.122. The SMILES string of the molecule is CNc1ncnc(N(C)CC(=O)N2CCCC2)c1OC. The minimum atomic E-state index is 0.122. The number of ether oxygens (including phenoxy) is 1. The van der Waals surface area contributed by atoms with E-state index in [1.54, 1.807) is 19.1 Å². The second-order valence-electron chi connectivity index (χ2n) is 4.77. The summed E-state index contributed by atoms with van der Waals surface area (Å²) in [4.78, 5) is 24.2. The second kappa shape index (κ2) is 6.40. The van der Waals surface area contributed by atoms with Crippen molar-refractivity contribution < 1.29 is 9.53 Å². The maximum absolute atomic E-state index is 12.2. The Balaban J connectivity index is 2.12. The zero-order chi connectivity index (χ0) is 14.5. The van der Waals surface area contributed by atoms with E-state index in [0.717, 1.165) is 25.9 Å². The molecule has 2 heterocycles. The first-order valence-electron chi connectivity index (χ1n) is 6.73. The minimum Gasteiger partial charge on any atom is -0.490 e. The van der Waals surface area contributed by atoms with Crippen LogP contribution in [0.4, 0.5) is 11.6 Å². The van der Waals surface area contributed by atoms with E-state index in [4.69, 9.17) is 4.74 Å². The third-order valence-corrected chi connectivity index (χ3v) is 3.42. The van der Waals surface area contributed by atoms with Crippen LogP contribution in [-0.4, -0.2) is 61.6 Å². The predicted octanol–water partition coefficient (Wildman–Crippen LogP) is 0.585. The van der Waals surface area contributed by atoms with E-state index in [1.807, 2.05) is 11.9 Å². The van der Waals surface area contributed by atoms with Gasteiger partial charge in [-0.15, -0.1) is 0 Å². The molecule has 1 aromatic heterocycles. The van der Waals surface area contributed by atoms with Crippen LogP contribution in [0.1, 0.15) is 12.8 Å². The summed E-state index contributed by atoms with van der Waals surface area (Å²) in [6.45, 7) is 2.00. The molecular formula is C13H21N5O2. The number of hydrogen-bond acceptors (Lipinski definition) is 6. The fourth-order valence-corrected chi connectivity index (χ4v) is 2.35. The molecule has 1 N–H and O–H groups in total. The van der Waals surface area contributed by atoms with Crippen molar-refractivity contribution in [2.75, 3.05) is 51.1 Å². The number of anilines is 2. The van der Waals surface area contributed by atoms with Crippen molar-refractivity contribution in [3.63, 3.8) is 0 Å². The Labute approximate surface area is 118 Å². The van der Waals surface area contributed by atoms with Gasteiger partial charge in [0, 0.05) is 27.2 Å². The van der Waals surface area contributed by atoms with Crippen molar-refractivity contribution in [3.05, 3.63) is 6.33 Å². The standard InChI is InChI=1S/C13H21N5O2/c1-14-12-11(20-3)13(16-9-15-12)17(2)8-10(19)18-6-4-5-7-18/h9H,4-8H2,1-3H3,(H,14,15,16). The molecule has 0 aliphatic carbocycles. The molecule has 1 aromatic rings. The number of nitrogens with zero attached hydrogens (tertiary/aromatic N) is 4. The van der Waals surface area contributed by atoms with Crippen molar-refractivity contribution in [2.24, 2.45) is 0 Å². The molecule has 2 rings (SSSR count). The first kappa shape index (κ1) is 14.4. The number of carbonyl (C=O) groups excluding carboxylic acids is 1. The summed E-state index contributed by atoms with van der Waals surface area (Å²) >= 11 is 0. The summed E-state index contributed by atoms with van der Waals surface area (Å²) in [5.41, 5.74) is 0. The Morgan fingerprint density at radius 1 is 1.45 bits per heavy atom. The Hall–Kier alpha value is -2.05. The zero-order valence-electron chi connectivity index (χ0n) is 12.2. The molecule has 1 aliphatic heterocycles. The van der Waals surface area contributed by atoms with E-state index in [9.17, 15) is 4.79 Å². The van der Waals surface area contributed by atoms with Gasteiger partial charge in [0.25, 0.3) is 0 Å². The summed E-state index contributed by atoms with van der Waals surface area (Å²) in [6, 6.07) is 0. The molecule has 0 spiro atoms. The van der Waals surface area contributed by atoms with Gasteiger partial charge in [0.1, 0.15) is 6.33 Å². The summed E-state index contributed by atoms with van der Waals surface area (Å²) in [7, 11) is 5.17. The molecule has 0 bridgehead atoms. The van der Waals surface area contributed by atoms with Gasteiger partial charge in [-0.2, -0.15) is 0 Å². The van der Waals surface area contributed by atoms with Crippen molar-refractivity contribution in [2.45, 2.75) is 12.8 Å². The van der Waals surface area contributed by atoms with Gasteiger partial charge in [-0.05, 0) is 12.8 Å². The van der Waals surface area contributed by atoms with Crippen LogP contribution in [0, 0.1) is 0 Å². The van der Waals surface area contributed by atoms with Crippen LogP contribution in [0.15, 0.2) is 6.33 Å². The van der Waals surface area contributed by atoms with E-state index >= 15 is 0 Å². The summed E-state index contributed by atoms with van der Waals surface area (Å²) < 4.78 is 5.34. The van der Waals surface area contributed by atoms with Crippen LogP contribution >= 0.6 is 0 Å². The number of likely N-dealkylation sites (N-methyl/N-ethyl adjacent to an activating group) is 1. The van der Waals surface area contributed by atoms with Crippen molar-refractivity contribution in [1.29, 1.82) is 0 Å². The van der Waals surface area contributed by atoms with Gasteiger partial charge in [0.15, 0.2) is 11.6 Å². The lowest BCUT2D eigenvalue weighted by atomic mass is 10.4. The van der Waals surface area contributed by atoms with E-state index in [0.29, 0.717) is 17.4 Å². The maximum Gasteiger partial charge on any atom is 0.242 e. The molecule has 7 nitrogen and oxygen atoms in total. The fraction of sp³-hybridized carbons (Fsp3) is 0.615. The van der Waals surface area contributed by atoms with E-state index in [1.165, 1.54) is 6.33 Å². The van der Waals surface area contributed by atoms with Gasteiger partial charge in [-0.3, -0.25) is 4.79 Å². The number of carbonyl (C=O) groups is 1. The Kier molecular flexibility index (Phi) is 4.60. The number of amides is 1. The van der Waals surface area contributed by atoms with Gasteiger partial charge < -0.3 is 19.9 Å². The predicted molar refractivity (Wildman–Crippen MR) is 77.2 cm³/mol. The van der Waals surface area contributed by atoms with Crippen molar-refractivity contribution >= 4 is 17.5 Å². The Morgan fingerprint density at radius 3 is 2.75 bits per heavy atom. The summed E-state index contributed by atoms with van der Waals surface area (Å²) in [5.74, 6) is 1.89. The molecule has 1 aliphatic rings. The highest BCUT2D eigenvalue weighted by molar-refractivity contribution is 5.82. The molecule has 7 heteroatoms. The third kappa shape index (κ3) is 2.92. The number of nitrogens with one attached hydrogen (secondary N) is 1. The number of hydrogen-bond donors (Lipinski definition) is 1. The molecule has 1 amide bonds. The molecule has 0 radical (unpaired) electrons. The quantitative estimate of drug-likeness (QED) is 0.850. The lowest BCUT2D eigenvalue weighted by Gasteiger charge is -2.23. The zero-order valence-corrected chi connectivity index (χ0v) is 12.2. The number of likely N-dealkylation sites (tertiary alicyclic amines) is 1. The summed E-state index contributed by atoms with van der Waals surface area (Å²) in [6.07, 6.45) is 3.65. The van der Waals surface area contributed by atoms with Crippen LogP contribution in [0.5, 0.6) is 5.75 Å². The monoisotopic (exact) mass is 279 g/mol. The normalized spacial score (nSPS) is 14.2. The Bertz CT molecular complexity index is 474. The number of aromatic nitrogens is 2. The highest BCUT2D eigenvalue weighted by atomic mass is 16.5. The van der Waals surface area contributed by atoms with Gasteiger partial charge in [0.05, 0.1) is 13.7 Å². The molecule has 1 fully saturated rings. The van der Waals surface area contributed by atoms with Crippen molar-refractivity contribution in [1.82, 2.24) is 14.9 Å². The topological polar surface area (TPSA) is 70.6 Å². The Morgan fingerprint density at radius 2 is 2.15 bits per heavy atom. The maximum atomic E-state index is 12.2. The second-order valence-corrected chi connectivity index (χ2v) is 4.77. The average Bonchev–Trinajstić information content (AvgIpc) is 3.00. The molecule has 0 saturated carbocycles. The van der Waals surface area contributed by atoms with Crippen LogP contribution < -0.4 is 15.0 Å². The highest BCUT2D eigenvalue weighted by Gasteiger charge is 2.22. The van der Waals surface area contributed by atoms with E-state index in [2.05, 4.69) is 15.3 Å². The molecule has 0 unspecified atom stereocenters. The lowest BCUT2D eigenvalue weighted by molar-refractivity contribution is -0.128. The van der Waals surface area contributed by atoms with Gasteiger partial charge in [0.2, 0.25) is 11.7 Å². The van der Waals surface area contributed by atoms with Crippen LogP contribution in [0.3, 0.4) is 0 Å². The van der Waals surface area contributed by atoms with Crippen LogP contribution in [-0.2, 0) is 4.79 Å². The molecule has 1 saturated heterocycles. The first-order valence-corrected chi connectivity index (χ1v) is 6.73. The third-order valence-electron chi connectivity index (χ3n) is 3.42. The van der Waals surface area contributed by atoms with Crippen molar-refractivity contribution in [3.8, 4) is 5.75 Å². The highest BCUT2D eigenvalue weighted by Crippen LogP contribution is 2.30. The smallest absolute Gasteiger partial charge is 0.242 e. The van der Waals surface area contributed by atoms with Crippen LogP contribution in [0.2, 0.25) is 0 Å². The molecule has 0 atom stereocenters. The van der Waals surface area contributed by atoms with Gasteiger partial charge in [-0.1, -0.05) is 0 Å². The first-order chi connectivity index (χ1) is 9.67. The number of rotatable bonds is 5. The number of methoxy groups -OCH3 is 1. The largest absolute Gasteiger partial charge is 0.490 e. The van der Waals surface area contributed by atoms with E-state index in [-0.39, 0.29) is 12.5 Å². The molecule has 110 valence electrons. The van der Waals surface area contributed by atoms with Crippen LogP contribution in [0.25, 0.3) is 0 Å². The molecule has 0 aromatic carbocycles. The summed E-state index contributed by atoms with van der Waals surface area (Å²) in [5, 5.41) is 2.95. The van der Waals surface area contributed by atoms with Gasteiger partial charge in [-0.25, -0.2) is 9.97 Å². The van der Waals surface area contributed by atoms with Gasteiger partial charge >= 0.3 is 0 Å². The fourth-order valence-electron chi connectivity index (χ4n) is 2.35. The molecular weight excluding hydrogens is 258 g/mol. The van der Waals surface area contributed by atoms with E-state index < -0.39 is 0 Å².